The minimum atomic E-state index is 0.375. The molecule has 8 nitrogen and oxygen atoms in total. The lowest BCUT2D eigenvalue weighted by molar-refractivity contribution is 0.395. The number of methoxy groups -OCH3 is 2. The van der Waals surface area contributed by atoms with Crippen molar-refractivity contribution in [2.24, 2.45) is 0 Å². The van der Waals surface area contributed by atoms with Gasteiger partial charge < -0.3 is 25.8 Å². The van der Waals surface area contributed by atoms with Crippen LogP contribution in [0.5, 0.6) is 11.5 Å². The summed E-state index contributed by atoms with van der Waals surface area (Å²) in [7, 11) is 3.19. The number of anilines is 5. The molecular weight excluding hydrogens is 380 g/mol. The maximum Gasteiger partial charge on any atom is 0.159 e. The summed E-state index contributed by atoms with van der Waals surface area (Å²) in [5.41, 5.74) is 10.0. The van der Waals surface area contributed by atoms with E-state index in [9.17, 15) is 0 Å². The van der Waals surface area contributed by atoms with Gasteiger partial charge in [-0.05, 0) is 31.2 Å². The zero-order valence-electron chi connectivity index (χ0n) is 16.9. The summed E-state index contributed by atoms with van der Waals surface area (Å²) < 4.78 is 10.7. The van der Waals surface area contributed by atoms with Gasteiger partial charge in [-0.15, -0.1) is 0 Å². The Morgan fingerprint density at radius 2 is 1.63 bits per heavy atom. The molecule has 0 saturated heterocycles. The Hall–Kier alpha value is -4.07. The van der Waals surface area contributed by atoms with E-state index in [1.54, 1.807) is 20.3 Å². The van der Waals surface area contributed by atoms with Crippen LogP contribution in [0, 0.1) is 6.92 Å². The summed E-state index contributed by atoms with van der Waals surface area (Å²) in [6, 6.07) is 15.4. The number of rotatable bonds is 6. The predicted molar refractivity (Wildman–Crippen MR) is 119 cm³/mol. The lowest BCUT2D eigenvalue weighted by Crippen LogP contribution is -2.06. The third-order valence-corrected chi connectivity index (χ3v) is 4.66. The average Bonchev–Trinajstić information content (AvgIpc) is 2.77. The first-order chi connectivity index (χ1) is 14.6. The van der Waals surface area contributed by atoms with E-state index in [0.717, 1.165) is 22.3 Å². The van der Waals surface area contributed by atoms with E-state index in [4.69, 9.17) is 15.2 Å². The summed E-state index contributed by atoms with van der Waals surface area (Å²) in [4.78, 5) is 13.2. The standard InChI is InChI=1S/C22H22N6O2/c1-13-7-8-14-5-4-6-17(20(14)26-13)28-22-19(23)21(24-12-25-22)27-16-10-9-15(29-2)11-18(16)30-3/h4-12H,23H2,1-3H3,(H2,24,25,27,28). The molecule has 4 N–H and O–H groups in total. The number of ether oxygens (including phenoxy) is 2. The SMILES string of the molecule is COc1ccc(Nc2ncnc(Nc3cccc4ccc(C)nc34)c2N)c(OC)c1. The molecule has 152 valence electrons. The maximum atomic E-state index is 6.36. The minimum absolute atomic E-state index is 0.375. The van der Waals surface area contributed by atoms with Crippen LogP contribution in [0.2, 0.25) is 0 Å². The van der Waals surface area contributed by atoms with Gasteiger partial charge >= 0.3 is 0 Å². The first kappa shape index (κ1) is 19.3. The normalized spacial score (nSPS) is 10.6. The second-order valence-electron chi connectivity index (χ2n) is 6.63. The van der Waals surface area contributed by atoms with E-state index in [-0.39, 0.29) is 0 Å². The molecule has 8 heteroatoms. The summed E-state index contributed by atoms with van der Waals surface area (Å²) in [5.74, 6) is 2.24. The highest BCUT2D eigenvalue weighted by Gasteiger charge is 2.13. The molecule has 0 radical (unpaired) electrons. The number of nitrogens with zero attached hydrogens (tertiary/aromatic N) is 3. The van der Waals surface area contributed by atoms with Crippen LogP contribution >= 0.6 is 0 Å². The Labute approximate surface area is 174 Å². The predicted octanol–water partition coefficient (Wildman–Crippen LogP) is 4.42. The molecule has 0 fully saturated rings. The number of nitrogens with two attached hydrogens (primary N) is 1. The molecule has 0 aliphatic carbocycles. The molecule has 0 amide bonds. The van der Waals surface area contributed by atoms with Crippen molar-refractivity contribution < 1.29 is 9.47 Å². The van der Waals surface area contributed by atoms with Crippen molar-refractivity contribution in [1.29, 1.82) is 0 Å². The van der Waals surface area contributed by atoms with Gasteiger partial charge in [0.1, 0.15) is 23.5 Å². The molecule has 2 aromatic heterocycles. The van der Waals surface area contributed by atoms with E-state index in [1.807, 2.05) is 49.4 Å². The van der Waals surface area contributed by atoms with Crippen LogP contribution in [0.25, 0.3) is 10.9 Å². The minimum Gasteiger partial charge on any atom is -0.497 e. The second kappa shape index (κ2) is 8.12. The van der Waals surface area contributed by atoms with Gasteiger partial charge in [0.05, 0.1) is 31.1 Å². The molecule has 0 bridgehead atoms. The summed E-state index contributed by atoms with van der Waals surface area (Å²) in [6.07, 6.45) is 1.45. The third kappa shape index (κ3) is 3.75. The zero-order valence-corrected chi connectivity index (χ0v) is 16.9. The fourth-order valence-corrected chi connectivity index (χ4v) is 3.10. The highest BCUT2D eigenvalue weighted by atomic mass is 16.5. The van der Waals surface area contributed by atoms with E-state index >= 15 is 0 Å². The van der Waals surface area contributed by atoms with Crippen molar-refractivity contribution >= 4 is 39.6 Å². The highest BCUT2D eigenvalue weighted by molar-refractivity contribution is 5.93. The molecule has 2 heterocycles. The van der Waals surface area contributed by atoms with Gasteiger partial charge in [-0.25, -0.2) is 9.97 Å². The Kier molecular flexibility index (Phi) is 5.21. The Morgan fingerprint density at radius 1 is 0.867 bits per heavy atom. The Balaban J connectivity index is 1.67. The smallest absolute Gasteiger partial charge is 0.159 e. The van der Waals surface area contributed by atoms with Crippen molar-refractivity contribution in [3.05, 3.63) is 60.6 Å². The van der Waals surface area contributed by atoms with Gasteiger partial charge in [-0.2, -0.15) is 0 Å². The van der Waals surface area contributed by atoms with Crippen LogP contribution in [0.3, 0.4) is 0 Å². The fraction of sp³-hybridized carbons (Fsp3) is 0.136. The molecule has 0 unspecified atom stereocenters. The molecule has 0 atom stereocenters. The number of hydrogen-bond donors (Lipinski definition) is 3. The molecule has 4 rings (SSSR count). The van der Waals surface area contributed by atoms with Gasteiger partial charge in [0.25, 0.3) is 0 Å². The lowest BCUT2D eigenvalue weighted by atomic mass is 10.1. The molecule has 30 heavy (non-hydrogen) atoms. The van der Waals surface area contributed by atoms with Crippen molar-refractivity contribution in [3.8, 4) is 11.5 Å². The third-order valence-electron chi connectivity index (χ3n) is 4.66. The number of pyridine rings is 1. The Bertz CT molecular complexity index is 1210. The van der Waals surface area contributed by atoms with Crippen LogP contribution in [-0.4, -0.2) is 29.2 Å². The Morgan fingerprint density at radius 3 is 2.37 bits per heavy atom. The van der Waals surface area contributed by atoms with E-state index in [1.165, 1.54) is 6.33 Å². The largest absolute Gasteiger partial charge is 0.497 e. The molecule has 0 aliphatic heterocycles. The summed E-state index contributed by atoms with van der Waals surface area (Å²) in [5, 5.41) is 7.52. The van der Waals surface area contributed by atoms with Gasteiger partial charge in [0, 0.05) is 17.1 Å². The molecule has 2 aromatic carbocycles. The van der Waals surface area contributed by atoms with Crippen molar-refractivity contribution in [3.63, 3.8) is 0 Å². The van der Waals surface area contributed by atoms with E-state index in [2.05, 4.69) is 25.6 Å². The molecule has 0 aliphatic rings. The summed E-state index contributed by atoms with van der Waals surface area (Å²) >= 11 is 0. The number of aryl methyl sites for hydroxylation is 1. The van der Waals surface area contributed by atoms with Gasteiger partial charge in [-0.3, -0.25) is 4.98 Å². The first-order valence-corrected chi connectivity index (χ1v) is 9.32. The summed E-state index contributed by atoms with van der Waals surface area (Å²) in [6.45, 7) is 1.96. The van der Waals surface area contributed by atoms with Gasteiger partial charge in [0.15, 0.2) is 11.6 Å². The first-order valence-electron chi connectivity index (χ1n) is 9.32. The molecular formula is C22H22N6O2. The van der Waals surface area contributed by atoms with Crippen molar-refractivity contribution in [2.45, 2.75) is 6.92 Å². The van der Waals surface area contributed by atoms with Crippen LogP contribution in [0.15, 0.2) is 54.9 Å². The topological polar surface area (TPSA) is 107 Å². The number of para-hydroxylation sites is 1. The fourth-order valence-electron chi connectivity index (χ4n) is 3.10. The number of nitrogens with one attached hydrogen (secondary N) is 2. The molecule has 0 spiro atoms. The molecule has 0 saturated carbocycles. The molecule has 4 aromatic rings. The monoisotopic (exact) mass is 402 g/mol. The van der Waals surface area contributed by atoms with Gasteiger partial charge in [-0.1, -0.05) is 18.2 Å². The second-order valence-corrected chi connectivity index (χ2v) is 6.63. The van der Waals surface area contributed by atoms with E-state index < -0.39 is 0 Å². The van der Waals surface area contributed by atoms with Crippen molar-refractivity contribution in [1.82, 2.24) is 15.0 Å². The highest BCUT2D eigenvalue weighted by Crippen LogP contribution is 2.35. The number of fused-ring (bicyclic) bond motifs is 1. The number of nitrogen functional groups attached to an aromatic ring is 1. The van der Waals surface area contributed by atoms with Crippen LogP contribution < -0.4 is 25.8 Å². The van der Waals surface area contributed by atoms with Crippen LogP contribution in [0.4, 0.5) is 28.7 Å². The maximum absolute atomic E-state index is 6.36. The van der Waals surface area contributed by atoms with Crippen LogP contribution in [-0.2, 0) is 0 Å². The quantitative estimate of drug-likeness (QED) is 0.435. The van der Waals surface area contributed by atoms with Crippen molar-refractivity contribution in [2.75, 3.05) is 30.6 Å². The number of hydrogen-bond acceptors (Lipinski definition) is 8. The number of aromatic nitrogens is 3. The number of benzene rings is 2. The zero-order chi connectivity index (χ0) is 21.1. The van der Waals surface area contributed by atoms with E-state index in [0.29, 0.717) is 34.5 Å². The lowest BCUT2D eigenvalue weighted by Gasteiger charge is -2.15. The van der Waals surface area contributed by atoms with Crippen LogP contribution in [0.1, 0.15) is 5.69 Å². The average molecular weight is 402 g/mol. The van der Waals surface area contributed by atoms with Gasteiger partial charge in [0.2, 0.25) is 0 Å².